The number of phosphoric acid groups is 1. The first-order valence-corrected chi connectivity index (χ1v) is 24.1. The average Bonchev–Trinajstić information content (AvgIpc) is 3.28. The fraction of sp³-hybridized carbons (Fsp3) is 0.520. The van der Waals surface area contributed by atoms with Gasteiger partial charge in [-0.3, -0.25) is 18.6 Å². The SMILES string of the molecule is CC/C=C/C=C/C=C/C=C/C=C/CCCC(=O)OC(COC(=O)CCCCC/C=C/C/C=C/C/C=C/C/C=C/C/C=C/C/C=C/CC)COP(=O)(O)OC1C(O)C(O)C(O)[C@H](O)C1O. The third-order valence-electron chi connectivity index (χ3n) is 9.37. The number of esters is 2. The number of hydrogen-bond acceptors (Lipinski definition) is 12. The van der Waals surface area contributed by atoms with Gasteiger partial charge in [0.25, 0.3) is 0 Å². The molecule has 0 aromatic carbocycles. The topological polar surface area (TPSA) is 210 Å². The number of hydrogen-bond donors (Lipinski definition) is 6. The molecule has 13 nitrogen and oxygen atoms in total. The van der Waals surface area contributed by atoms with E-state index >= 15 is 0 Å². The Morgan fingerprint density at radius 2 is 0.938 bits per heavy atom. The first-order valence-electron chi connectivity index (χ1n) is 22.6. The fourth-order valence-electron chi connectivity index (χ4n) is 5.79. The van der Waals surface area contributed by atoms with Crippen LogP contribution >= 0.6 is 7.82 Å². The van der Waals surface area contributed by atoms with Crippen molar-refractivity contribution in [2.24, 2.45) is 0 Å². The summed E-state index contributed by atoms with van der Waals surface area (Å²) in [6.07, 6.45) is 42.4. The monoisotopic (exact) mass is 914 g/mol. The van der Waals surface area contributed by atoms with E-state index in [4.69, 9.17) is 18.5 Å². The molecule has 1 rings (SSSR count). The third-order valence-corrected chi connectivity index (χ3v) is 10.4. The molecule has 0 aromatic heterocycles. The second kappa shape index (κ2) is 38.3. The molecule has 1 aliphatic carbocycles. The first kappa shape index (κ1) is 58.0. The van der Waals surface area contributed by atoms with Crippen LogP contribution < -0.4 is 0 Å². The summed E-state index contributed by atoms with van der Waals surface area (Å²) in [7, 11) is -5.16. The summed E-state index contributed by atoms with van der Waals surface area (Å²) in [5.41, 5.74) is 0. The molecule has 1 fully saturated rings. The number of carbonyl (C=O) groups excluding carboxylic acids is 2. The normalized spacial score (nSPS) is 22.8. The van der Waals surface area contributed by atoms with Crippen molar-refractivity contribution in [2.45, 2.75) is 153 Å². The van der Waals surface area contributed by atoms with Gasteiger partial charge in [-0.15, -0.1) is 0 Å². The van der Waals surface area contributed by atoms with Crippen molar-refractivity contribution in [2.75, 3.05) is 13.2 Å². The summed E-state index contributed by atoms with van der Waals surface area (Å²) in [5, 5.41) is 50.1. The van der Waals surface area contributed by atoms with E-state index in [1.807, 2.05) is 54.7 Å². The predicted molar refractivity (Wildman–Crippen MR) is 253 cm³/mol. The summed E-state index contributed by atoms with van der Waals surface area (Å²) in [5.74, 6) is -1.24. The quantitative estimate of drug-likeness (QED) is 0.0117. The van der Waals surface area contributed by atoms with Crippen LogP contribution in [0.15, 0.2) is 134 Å². The zero-order chi connectivity index (χ0) is 47.1. The second-order valence-corrected chi connectivity index (χ2v) is 16.3. The highest BCUT2D eigenvalue weighted by atomic mass is 31.2. The molecule has 1 saturated carbocycles. The zero-order valence-corrected chi connectivity index (χ0v) is 38.6. The molecule has 64 heavy (non-hydrogen) atoms. The number of allylic oxidation sites excluding steroid dienone is 22. The van der Waals surface area contributed by atoms with E-state index in [-0.39, 0.29) is 12.8 Å². The van der Waals surface area contributed by atoms with Crippen LogP contribution in [-0.4, -0.2) is 98.3 Å². The van der Waals surface area contributed by atoms with Gasteiger partial charge in [0.1, 0.15) is 43.2 Å². The molecule has 1 aliphatic rings. The van der Waals surface area contributed by atoms with Crippen molar-refractivity contribution in [3.63, 3.8) is 0 Å². The lowest BCUT2D eigenvalue weighted by molar-refractivity contribution is -0.220. The standard InChI is InChI=1S/C50H75O13P/c1-3-5-7-9-11-13-15-17-18-19-20-21-22-23-24-25-27-28-30-32-34-36-38-43(51)60-40-42(41-61-64(58,59)63-50-48(56)46(54)45(53)47(55)49(50)57)62-44(52)39-37-35-33-31-29-26-16-14-12-10-8-6-4-2/h5-8,10-14,16-18,20-21,23-24,26-29,31,33,42,45-50,53-57H,3-4,9,15,19,22,25,30,32,34-41H2,1-2H3,(H,58,59)/b7-5+,8-6+,12-10+,13-11+,16-14+,18-17+,21-20+,24-23+,28-27+,29-26+,33-31+/t42?,45?,46-,47?,48?,49?,50?/m0/s1. The molecule has 0 spiro atoms. The van der Waals surface area contributed by atoms with E-state index in [0.29, 0.717) is 19.3 Å². The van der Waals surface area contributed by atoms with E-state index < -0.39 is 75.7 Å². The van der Waals surface area contributed by atoms with Gasteiger partial charge in [-0.05, 0) is 77.0 Å². The predicted octanol–water partition coefficient (Wildman–Crippen LogP) is 8.77. The van der Waals surface area contributed by atoms with Gasteiger partial charge in [0.05, 0.1) is 6.61 Å². The van der Waals surface area contributed by atoms with E-state index in [1.54, 1.807) is 0 Å². The Morgan fingerprint density at radius 3 is 1.47 bits per heavy atom. The number of ether oxygens (including phenoxy) is 2. The van der Waals surface area contributed by atoms with Crippen LogP contribution in [0.3, 0.4) is 0 Å². The maximum atomic E-state index is 12.8. The van der Waals surface area contributed by atoms with Crippen molar-refractivity contribution in [1.29, 1.82) is 0 Å². The average molecular weight is 915 g/mol. The molecule has 0 radical (unpaired) electrons. The van der Waals surface area contributed by atoms with E-state index in [0.717, 1.165) is 64.2 Å². The van der Waals surface area contributed by atoms with Crippen LogP contribution in [0.2, 0.25) is 0 Å². The zero-order valence-electron chi connectivity index (χ0n) is 37.8. The molecule has 0 amide bonds. The summed E-state index contributed by atoms with van der Waals surface area (Å²) in [6, 6.07) is 0. The molecule has 0 bridgehead atoms. The van der Waals surface area contributed by atoms with Crippen LogP contribution in [0.5, 0.6) is 0 Å². The molecule has 0 saturated heterocycles. The van der Waals surface area contributed by atoms with Crippen LogP contribution in [0, 0.1) is 0 Å². The molecular weight excluding hydrogens is 840 g/mol. The molecule has 6 N–H and O–H groups in total. The minimum absolute atomic E-state index is 0.0168. The Bertz CT molecular complexity index is 1620. The minimum Gasteiger partial charge on any atom is -0.462 e. The van der Waals surface area contributed by atoms with Crippen molar-refractivity contribution in [3.8, 4) is 0 Å². The van der Waals surface area contributed by atoms with Gasteiger partial charge in [0, 0.05) is 12.8 Å². The van der Waals surface area contributed by atoms with E-state index in [2.05, 4.69) is 92.8 Å². The number of aliphatic hydroxyl groups excluding tert-OH is 5. The maximum Gasteiger partial charge on any atom is 0.472 e. The number of phosphoric ester groups is 1. The van der Waals surface area contributed by atoms with Gasteiger partial charge in [-0.1, -0.05) is 154 Å². The smallest absolute Gasteiger partial charge is 0.462 e. The van der Waals surface area contributed by atoms with Gasteiger partial charge in [0.2, 0.25) is 0 Å². The minimum atomic E-state index is -5.16. The third kappa shape index (κ3) is 30.2. The Balaban J connectivity index is 2.52. The molecule has 0 aromatic rings. The highest BCUT2D eigenvalue weighted by molar-refractivity contribution is 7.47. The van der Waals surface area contributed by atoms with E-state index in [1.165, 1.54) is 0 Å². The lowest BCUT2D eigenvalue weighted by Gasteiger charge is -2.41. The number of rotatable bonds is 34. The summed E-state index contributed by atoms with van der Waals surface area (Å²) >= 11 is 0. The molecule has 0 heterocycles. The molecule has 7 unspecified atom stereocenters. The largest absolute Gasteiger partial charge is 0.472 e. The van der Waals surface area contributed by atoms with Crippen molar-refractivity contribution >= 4 is 19.8 Å². The Morgan fingerprint density at radius 1 is 0.500 bits per heavy atom. The molecule has 14 heteroatoms. The van der Waals surface area contributed by atoms with Gasteiger partial charge >= 0.3 is 19.8 Å². The first-order chi connectivity index (χ1) is 30.9. The highest BCUT2D eigenvalue weighted by Crippen LogP contribution is 2.47. The van der Waals surface area contributed by atoms with Crippen LogP contribution in [0.1, 0.15) is 110 Å². The van der Waals surface area contributed by atoms with E-state index in [9.17, 15) is 44.6 Å². The van der Waals surface area contributed by atoms with Gasteiger partial charge < -0.3 is 39.9 Å². The van der Waals surface area contributed by atoms with Crippen molar-refractivity contribution in [3.05, 3.63) is 134 Å². The fourth-order valence-corrected chi connectivity index (χ4v) is 6.76. The van der Waals surface area contributed by atoms with Gasteiger partial charge in [0.15, 0.2) is 6.10 Å². The highest BCUT2D eigenvalue weighted by Gasteiger charge is 2.51. The number of unbranched alkanes of at least 4 members (excludes halogenated alkanes) is 4. The Kier molecular flexibility index (Phi) is 34.7. The molecule has 0 aliphatic heterocycles. The lowest BCUT2D eigenvalue weighted by atomic mass is 9.85. The summed E-state index contributed by atoms with van der Waals surface area (Å²) < 4.78 is 33.4. The molecule has 358 valence electrons. The Hall–Kier alpha value is -4.01. The number of aliphatic hydroxyl groups is 5. The van der Waals surface area contributed by atoms with Crippen LogP contribution in [-0.2, 0) is 32.7 Å². The van der Waals surface area contributed by atoms with Crippen LogP contribution in [0.4, 0.5) is 0 Å². The molecule has 8 atom stereocenters. The van der Waals surface area contributed by atoms with Crippen molar-refractivity contribution < 1.29 is 63.1 Å². The summed E-state index contributed by atoms with van der Waals surface area (Å²) in [4.78, 5) is 35.6. The summed E-state index contributed by atoms with van der Waals surface area (Å²) in [6.45, 7) is 2.91. The maximum absolute atomic E-state index is 12.8. The van der Waals surface area contributed by atoms with Gasteiger partial charge in [-0.2, -0.15) is 0 Å². The Labute approximate surface area is 381 Å². The van der Waals surface area contributed by atoms with Crippen molar-refractivity contribution in [1.82, 2.24) is 0 Å². The second-order valence-electron chi connectivity index (χ2n) is 14.9. The number of carbonyl (C=O) groups is 2. The van der Waals surface area contributed by atoms with Gasteiger partial charge in [-0.25, -0.2) is 4.57 Å². The molecular formula is C50H75O13P. The van der Waals surface area contributed by atoms with Crippen LogP contribution in [0.25, 0.3) is 0 Å². The lowest BCUT2D eigenvalue weighted by Crippen LogP contribution is -2.64.